The Morgan fingerprint density at radius 2 is 2.00 bits per heavy atom. The molecule has 0 spiro atoms. The minimum absolute atomic E-state index is 0.102. The van der Waals surface area contributed by atoms with Gasteiger partial charge in [-0.05, 0) is 40.9 Å². The molecule has 4 nitrogen and oxygen atoms in total. The quantitative estimate of drug-likeness (QED) is 0.805. The number of urea groups is 1. The lowest BCUT2D eigenvalue weighted by atomic mass is 10.3. The summed E-state index contributed by atoms with van der Waals surface area (Å²) in [5.74, 6) is 0. The van der Waals surface area contributed by atoms with E-state index in [9.17, 15) is 4.79 Å². The first kappa shape index (κ1) is 16.0. The second-order valence-corrected chi connectivity index (χ2v) is 5.18. The first-order chi connectivity index (χ1) is 9.19. The number of nitrogens with one attached hydrogen (secondary N) is 1. The van der Waals surface area contributed by atoms with E-state index in [-0.39, 0.29) is 12.6 Å². The number of anilines is 1. The van der Waals surface area contributed by atoms with Crippen LogP contribution >= 0.6 is 15.9 Å². The lowest BCUT2D eigenvalue weighted by molar-refractivity contribution is 0.201. The Balaban J connectivity index is 2.62. The van der Waals surface area contributed by atoms with Gasteiger partial charge in [0.05, 0.1) is 5.69 Å². The summed E-state index contributed by atoms with van der Waals surface area (Å²) in [6.45, 7) is 3.49. The predicted molar refractivity (Wildman–Crippen MR) is 81.3 cm³/mol. The van der Waals surface area contributed by atoms with Crippen molar-refractivity contribution >= 4 is 27.6 Å². The van der Waals surface area contributed by atoms with Gasteiger partial charge in [0.25, 0.3) is 0 Å². The number of unbranched alkanes of at least 4 members (excludes halogenated alkanes) is 1. The number of halogens is 1. The van der Waals surface area contributed by atoms with E-state index in [1.165, 1.54) is 0 Å². The number of para-hydroxylation sites is 1. The molecule has 0 unspecified atom stereocenters. The van der Waals surface area contributed by atoms with Gasteiger partial charge in [-0.15, -0.1) is 0 Å². The molecule has 2 N–H and O–H groups in total. The summed E-state index contributed by atoms with van der Waals surface area (Å²) in [5.41, 5.74) is 0.762. The molecule has 19 heavy (non-hydrogen) atoms. The maximum atomic E-state index is 12.2. The van der Waals surface area contributed by atoms with Crippen LogP contribution in [-0.2, 0) is 0 Å². The maximum Gasteiger partial charge on any atom is 0.321 e. The van der Waals surface area contributed by atoms with Gasteiger partial charge in [0.1, 0.15) is 0 Å². The number of aliphatic hydroxyl groups excluding tert-OH is 1. The first-order valence-corrected chi connectivity index (χ1v) is 7.39. The van der Waals surface area contributed by atoms with Crippen molar-refractivity contribution in [3.8, 4) is 0 Å². The van der Waals surface area contributed by atoms with Gasteiger partial charge >= 0.3 is 6.03 Å². The number of carbonyl (C=O) groups is 1. The molecule has 0 aliphatic heterocycles. The topological polar surface area (TPSA) is 52.6 Å². The summed E-state index contributed by atoms with van der Waals surface area (Å²) in [7, 11) is 0. The summed E-state index contributed by atoms with van der Waals surface area (Å²) in [6, 6.07) is 7.41. The normalized spacial score (nSPS) is 10.3. The molecule has 1 aromatic rings. The molecule has 0 saturated carbocycles. The third-order valence-corrected chi connectivity index (χ3v) is 3.46. The molecule has 106 valence electrons. The molecule has 0 bridgehead atoms. The zero-order valence-electron chi connectivity index (χ0n) is 11.2. The molecule has 1 aromatic carbocycles. The highest BCUT2D eigenvalue weighted by Crippen LogP contribution is 2.21. The Morgan fingerprint density at radius 3 is 2.63 bits per heavy atom. The zero-order valence-corrected chi connectivity index (χ0v) is 12.8. The summed E-state index contributed by atoms with van der Waals surface area (Å²) < 4.78 is 0.862. The Labute approximate surface area is 122 Å². The molecular formula is C14H21BrN2O2. The molecule has 0 aliphatic carbocycles. The third-order valence-electron chi connectivity index (χ3n) is 2.77. The van der Waals surface area contributed by atoms with E-state index in [1.54, 1.807) is 4.90 Å². The number of rotatable bonds is 7. The van der Waals surface area contributed by atoms with Crippen molar-refractivity contribution in [3.63, 3.8) is 0 Å². The molecule has 0 fully saturated rings. The summed E-state index contributed by atoms with van der Waals surface area (Å²) in [6.07, 6.45) is 2.61. The fourth-order valence-electron chi connectivity index (χ4n) is 1.68. The summed E-state index contributed by atoms with van der Waals surface area (Å²) in [5, 5.41) is 11.8. The van der Waals surface area contributed by atoms with Crippen molar-refractivity contribution < 1.29 is 9.90 Å². The smallest absolute Gasteiger partial charge is 0.321 e. The highest BCUT2D eigenvalue weighted by atomic mass is 79.9. The van der Waals surface area contributed by atoms with Gasteiger partial charge in [0, 0.05) is 24.2 Å². The average molecular weight is 329 g/mol. The number of amides is 2. The Hall–Kier alpha value is -1.07. The van der Waals surface area contributed by atoms with Crippen LogP contribution in [0.25, 0.3) is 0 Å². The standard InChI is InChI=1S/C14H21BrN2O2/c1-2-3-9-17(10-6-11-18)14(19)16-13-8-5-4-7-12(13)15/h4-5,7-8,18H,2-3,6,9-11H2,1H3,(H,16,19). The number of hydrogen-bond acceptors (Lipinski definition) is 2. The number of hydrogen-bond donors (Lipinski definition) is 2. The van der Waals surface area contributed by atoms with Crippen LogP contribution < -0.4 is 5.32 Å². The molecule has 1 rings (SSSR count). The predicted octanol–water partition coefficient (Wildman–Crippen LogP) is 3.47. The largest absolute Gasteiger partial charge is 0.396 e. The number of carbonyl (C=O) groups excluding carboxylic acids is 1. The van der Waals surface area contributed by atoms with E-state index in [2.05, 4.69) is 28.2 Å². The molecule has 5 heteroatoms. The molecule has 0 heterocycles. The lowest BCUT2D eigenvalue weighted by Crippen LogP contribution is -2.36. The molecule has 2 amide bonds. The van der Waals surface area contributed by atoms with Gasteiger partial charge in [0.2, 0.25) is 0 Å². The monoisotopic (exact) mass is 328 g/mol. The van der Waals surface area contributed by atoms with Gasteiger partial charge < -0.3 is 15.3 Å². The van der Waals surface area contributed by atoms with E-state index in [0.29, 0.717) is 19.5 Å². The summed E-state index contributed by atoms with van der Waals surface area (Å²) in [4.78, 5) is 13.9. The minimum atomic E-state index is -0.117. The van der Waals surface area contributed by atoms with Crippen LogP contribution in [0.2, 0.25) is 0 Å². The van der Waals surface area contributed by atoms with Crippen LogP contribution in [-0.4, -0.2) is 35.7 Å². The van der Waals surface area contributed by atoms with Crippen molar-refractivity contribution in [2.45, 2.75) is 26.2 Å². The van der Waals surface area contributed by atoms with Gasteiger partial charge in [0.15, 0.2) is 0 Å². The van der Waals surface area contributed by atoms with Gasteiger partial charge in [-0.3, -0.25) is 0 Å². The van der Waals surface area contributed by atoms with Crippen molar-refractivity contribution in [1.82, 2.24) is 4.90 Å². The van der Waals surface area contributed by atoms with Gasteiger partial charge in [-0.1, -0.05) is 25.5 Å². The van der Waals surface area contributed by atoms with Crippen LogP contribution in [0.4, 0.5) is 10.5 Å². The van der Waals surface area contributed by atoms with Gasteiger partial charge in [-0.25, -0.2) is 4.79 Å². The second kappa shape index (κ2) is 8.93. The van der Waals surface area contributed by atoms with Crippen LogP contribution in [0, 0.1) is 0 Å². The van der Waals surface area contributed by atoms with E-state index in [0.717, 1.165) is 23.0 Å². The Morgan fingerprint density at radius 1 is 1.32 bits per heavy atom. The van der Waals surface area contributed by atoms with Crippen LogP contribution in [0.5, 0.6) is 0 Å². The molecule has 0 aliphatic rings. The maximum absolute atomic E-state index is 12.2. The first-order valence-electron chi connectivity index (χ1n) is 6.60. The van der Waals surface area contributed by atoms with Crippen LogP contribution in [0.3, 0.4) is 0 Å². The third kappa shape index (κ3) is 5.61. The molecule has 0 aromatic heterocycles. The van der Waals surface area contributed by atoms with Crippen LogP contribution in [0.15, 0.2) is 28.7 Å². The molecule has 0 saturated heterocycles. The second-order valence-electron chi connectivity index (χ2n) is 4.33. The van der Waals surface area contributed by atoms with E-state index >= 15 is 0 Å². The van der Waals surface area contributed by atoms with Crippen molar-refractivity contribution in [2.24, 2.45) is 0 Å². The Kier molecular flexibility index (Phi) is 7.52. The summed E-state index contributed by atoms with van der Waals surface area (Å²) >= 11 is 3.41. The molecular weight excluding hydrogens is 308 g/mol. The van der Waals surface area contributed by atoms with Crippen molar-refractivity contribution in [1.29, 1.82) is 0 Å². The average Bonchev–Trinajstić information content (AvgIpc) is 2.41. The highest BCUT2D eigenvalue weighted by Gasteiger charge is 2.13. The molecule has 0 atom stereocenters. The number of aliphatic hydroxyl groups is 1. The lowest BCUT2D eigenvalue weighted by Gasteiger charge is -2.23. The van der Waals surface area contributed by atoms with E-state index < -0.39 is 0 Å². The number of nitrogens with zero attached hydrogens (tertiary/aromatic N) is 1. The SMILES string of the molecule is CCCCN(CCCO)C(=O)Nc1ccccc1Br. The van der Waals surface area contributed by atoms with Crippen LogP contribution in [0.1, 0.15) is 26.2 Å². The Bertz CT molecular complexity index is 391. The fourth-order valence-corrected chi connectivity index (χ4v) is 2.07. The minimum Gasteiger partial charge on any atom is -0.396 e. The highest BCUT2D eigenvalue weighted by molar-refractivity contribution is 9.10. The fraction of sp³-hybridized carbons (Fsp3) is 0.500. The van der Waals surface area contributed by atoms with Gasteiger partial charge in [-0.2, -0.15) is 0 Å². The van der Waals surface area contributed by atoms with Crippen molar-refractivity contribution in [2.75, 3.05) is 25.0 Å². The van der Waals surface area contributed by atoms with Crippen molar-refractivity contribution in [3.05, 3.63) is 28.7 Å². The zero-order chi connectivity index (χ0) is 14.1. The van der Waals surface area contributed by atoms with E-state index in [4.69, 9.17) is 5.11 Å². The number of benzene rings is 1. The van der Waals surface area contributed by atoms with E-state index in [1.807, 2.05) is 24.3 Å². The molecule has 0 radical (unpaired) electrons.